The Morgan fingerprint density at radius 1 is 1.24 bits per heavy atom. The second-order valence-corrected chi connectivity index (χ2v) is 3.94. The summed E-state index contributed by atoms with van der Waals surface area (Å²) >= 11 is 0. The zero-order valence-corrected chi connectivity index (χ0v) is 8.96. The highest BCUT2D eigenvalue weighted by molar-refractivity contribution is 5.53. The van der Waals surface area contributed by atoms with Gasteiger partial charge in [-0.15, -0.1) is 0 Å². The summed E-state index contributed by atoms with van der Waals surface area (Å²) in [6, 6.07) is 3.63. The van der Waals surface area contributed by atoms with Crippen LogP contribution in [0.4, 0.5) is 8.78 Å². The summed E-state index contributed by atoms with van der Waals surface area (Å²) in [4.78, 5) is 4.30. The van der Waals surface area contributed by atoms with E-state index in [1.165, 1.54) is 6.07 Å². The van der Waals surface area contributed by atoms with Gasteiger partial charge in [0.15, 0.2) is 11.6 Å². The molecule has 2 aromatic rings. The molecule has 0 atom stereocenters. The van der Waals surface area contributed by atoms with E-state index in [4.69, 9.17) is 4.42 Å². The van der Waals surface area contributed by atoms with Gasteiger partial charge in [-0.05, 0) is 18.2 Å². The van der Waals surface area contributed by atoms with Crippen molar-refractivity contribution < 1.29 is 13.2 Å². The molecule has 1 aliphatic heterocycles. The molecule has 0 saturated heterocycles. The molecule has 0 saturated carbocycles. The maximum absolute atomic E-state index is 13.1. The predicted octanol–water partition coefficient (Wildman–Crippen LogP) is 2.27. The molecule has 0 amide bonds. The Kier molecular flexibility index (Phi) is 2.40. The van der Waals surface area contributed by atoms with Gasteiger partial charge < -0.3 is 9.73 Å². The maximum atomic E-state index is 13.1. The van der Waals surface area contributed by atoms with Crippen molar-refractivity contribution in [1.82, 2.24) is 10.3 Å². The van der Waals surface area contributed by atoms with Gasteiger partial charge in [0.1, 0.15) is 5.76 Å². The lowest BCUT2D eigenvalue weighted by Gasteiger charge is -2.08. The topological polar surface area (TPSA) is 38.1 Å². The van der Waals surface area contributed by atoms with Gasteiger partial charge in [0.05, 0.1) is 12.2 Å². The summed E-state index contributed by atoms with van der Waals surface area (Å²) in [6.45, 7) is 1.49. The standard InChI is InChI=1S/C12H10F2N2O/c13-8-2-1-7(5-9(8)14)12-16-10-3-4-15-6-11(10)17-12/h1-2,5,15H,3-4,6H2. The molecule has 88 valence electrons. The van der Waals surface area contributed by atoms with E-state index < -0.39 is 11.6 Å². The number of fused-ring (bicyclic) bond motifs is 1. The number of aromatic nitrogens is 1. The first-order valence-corrected chi connectivity index (χ1v) is 5.39. The lowest BCUT2D eigenvalue weighted by molar-refractivity contribution is 0.470. The number of benzene rings is 1. The number of hydrogen-bond acceptors (Lipinski definition) is 3. The Hall–Kier alpha value is -1.75. The minimum absolute atomic E-state index is 0.345. The zero-order valence-electron chi connectivity index (χ0n) is 8.96. The fourth-order valence-corrected chi connectivity index (χ4v) is 1.88. The van der Waals surface area contributed by atoms with E-state index in [1.807, 2.05) is 0 Å². The Bertz CT molecular complexity index is 542. The summed E-state index contributed by atoms with van der Waals surface area (Å²) in [6.07, 6.45) is 0.794. The van der Waals surface area contributed by atoms with Crippen molar-refractivity contribution in [1.29, 1.82) is 0 Å². The molecule has 1 N–H and O–H groups in total. The summed E-state index contributed by atoms with van der Waals surface area (Å²) < 4.78 is 31.4. The highest BCUT2D eigenvalue weighted by Gasteiger charge is 2.18. The average molecular weight is 236 g/mol. The lowest BCUT2D eigenvalue weighted by atomic mass is 10.2. The van der Waals surface area contributed by atoms with E-state index in [0.717, 1.165) is 36.6 Å². The van der Waals surface area contributed by atoms with Crippen molar-refractivity contribution in [2.24, 2.45) is 0 Å². The molecular weight excluding hydrogens is 226 g/mol. The van der Waals surface area contributed by atoms with Gasteiger partial charge >= 0.3 is 0 Å². The number of halogens is 2. The second kappa shape index (κ2) is 3.92. The smallest absolute Gasteiger partial charge is 0.226 e. The second-order valence-electron chi connectivity index (χ2n) is 3.94. The van der Waals surface area contributed by atoms with Gasteiger partial charge in [0.25, 0.3) is 0 Å². The molecule has 17 heavy (non-hydrogen) atoms. The van der Waals surface area contributed by atoms with Crippen molar-refractivity contribution in [3.8, 4) is 11.5 Å². The van der Waals surface area contributed by atoms with Crippen LogP contribution in [0.1, 0.15) is 11.5 Å². The monoisotopic (exact) mass is 236 g/mol. The van der Waals surface area contributed by atoms with Crippen LogP contribution in [0.25, 0.3) is 11.5 Å². The Labute approximate surface area is 96.5 Å². The average Bonchev–Trinajstić information content (AvgIpc) is 2.76. The highest BCUT2D eigenvalue weighted by Crippen LogP contribution is 2.25. The van der Waals surface area contributed by atoms with Crippen LogP contribution < -0.4 is 5.32 Å². The SMILES string of the molecule is Fc1ccc(-c2nc3c(o2)CNCC3)cc1F. The van der Waals surface area contributed by atoms with E-state index in [9.17, 15) is 8.78 Å². The molecule has 0 bridgehead atoms. The van der Waals surface area contributed by atoms with Crippen LogP contribution in [0, 0.1) is 11.6 Å². The molecule has 0 spiro atoms. The summed E-state index contributed by atoms with van der Waals surface area (Å²) in [5, 5.41) is 3.16. The molecule has 0 aliphatic carbocycles. The maximum Gasteiger partial charge on any atom is 0.226 e. The first-order valence-electron chi connectivity index (χ1n) is 5.39. The van der Waals surface area contributed by atoms with Gasteiger partial charge in [0, 0.05) is 18.5 Å². The van der Waals surface area contributed by atoms with Gasteiger partial charge in [-0.1, -0.05) is 0 Å². The van der Waals surface area contributed by atoms with Crippen LogP contribution in [0.15, 0.2) is 22.6 Å². The van der Waals surface area contributed by atoms with Crippen LogP contribution in [0.2, 0.25) is 0 Å². The molecular formula is C12H10F2N2O. The number of rotatable bonds is 1. The van der Waals surface area contributed by atoms with Gasteiger partial charge in [-0.2, -0.15) is 0 Å². The van der Waals surface area contributed by atoms with Gasteiger partial charge in [-0.3, -0.25) is 0 Å². The fourth-order valence-electron chi connectivity index (χ4n) is 1.88. The minimum atomic E-state index is -0.892. The van der Waals surface area contributed by atoms with Crippen molar-refractivity contribution in [3.63, 3.8) is 0 Å². The first-order chi connectivity index (χ1) is 8.24. The lowest BCUT2D eigenvalue weighted by Crippen LogP contribution is -2.22. The molecule has 0 fully saturated rings. The predicted molar refractivity (Wildman–Crippen MR) is 57.3 cm³/mol. The molecule has 5 heteroatoms. The normalized spacial score (nSPS) is 14.7. The minimum Gasteiger partial charge on any atom is -0.440 e. The van der Waals surface area contributed by atoms with Crippen LogP contribution in [0.3, 0.4) is 0 Å². The van der Waals surface area contributed by atoms with E-state index in [-0.39, 0.29) is 0 Å². The van der Waals surface area contributed by atoms with Crippen LogP contribution in [-0.4, -0.2) is 11.5 Å². The molecule has 2 heterocycles. The first kappa shape index (κ1) is 10.4. The number of hydrogen-bond donors (Lipinski definition) is 1. The Morgan fingerprint density at radius 3 is 2.88 bits per heavy atom. The Balaban J connectivity index is 2.03. The molecule has 0 unspecified atom stereocenters. The molecule has 3 rings (SSSR count). The Morgan fingerprint density at radius 2 is 2.12 bits per heavy atom. The summed E-state index contributed by atoms with van der Waals surface area (Å²) in [7, 11) is 0. The van der Waals surface area contributed by atoms with Crippen molar-refractivity contribution in [2.75, 3.05) is 6.54 Å². The highest BCUT2D eigenvalue weighted by atomic mass is 19.2. The fraction of sp³-hybridized carbons (Fsp3) is 0.250. The molecule has 1 aromatic heterocycles. The van der Waals surface area contributed by atoms with E-state index in [2.05, 4.69) is 10.3 Å². The van der Waals surface area contributed by atoms with Crippen molar-refractivity contribution in [3.05, 3.63) is 41.3 Å². The van der Waals surface area contributed by atoms with Gasteiger partial charge in [-0.25, -0.2) is 13.8 Å². The molecule has 1 aliphatic rings. The molecule has 0 radical (unpaired) electrons. The van der Waals surface area contributed by atoms with E-state index >= 15 is 0 Å². The van der Waals surface area contributed by atoms with Crippen LogP contribution in [0.5, 0.6) is 0 Å². The summed E-state index contributed by atoms with van der Waals surface area (Å²) in [5.41, 5.74) is 1.35. The third-order valence-corrected chi connectivity index (χ3v) is 2.77. The third kappa shape index (κ3) is 1.82. The van der Waals surface area contributed by atoms with Crippen molar-refractivity contribution >= 4 is 0 Å². The van der Waals surface area contributed by atoms with Gasteiger partial charge in [0.2, 0.25) is 5.89 Å². The largest absolute Gasteiger partial charge is 0.440 e. The quantitative estimate of drug-likeness (QED) is 0.825. The van der Waals surface area contributed by atoms with Crippen LogP contribution >= 0.6 is 0 Å². The number of nitrogens with zero attached hydrogens (tertiary/aromatic N) is 1. The summed E-state index contributed by atoms with van der Waals surface area (Å²) in [5.74, 6) is -0.642. The number of oxazole rings is 1. The third-order valence-electron chi connectivity index (χ3n) is 2.77. The molecule has 1 aromatic carbocycles. The molecule has 3 nitrogen and oxygen atoms in total. The zero-order chi connectivity index (χ0) is 11.8. The van der Waals surface area contributed by atoms with E-state index in [1.54, 1.807) is 0 Å². The van der Waals surface area contributed by atoms with E-state index in [0.29, 0.717) is 18.0 Å². The number of nitrogens with one attached hydrogen (secondary N) is 1. The van der Waals surface area contributed by atoms with Crippen molar-refractivity contribution in [2.45, 2.75) is 13.0 Å². The van der Waals surface area contributed by atoms with Crippen LogP contribution in [-0.2, 0) is 13.0 Å².